The van der Waals surface area contributed by atoms with Crippen LogP contribution in [0, 0.1) is 0 Å². The van der Waals surface area contributed by atoms with Gasteiger partial charge in [-0.05, 0) is 30.2 Å². The smallest absolute Gasteiger partial charge is 0.330 e. The maximum Gasteiger partial charge on any atom is 0.330 e. The Morgan fingerprint density at radius 2 is 1.47 bits per heavy atom. The van der Waals surface area contributed by atoms with Crippen LogP contribution in [-0.4, -0.2) is 25.7 Å². The Morgan fingerprint density at radius 1 is 1.00 bits per heavy atom. The first kappa shape index (κ1) is 14.7. The largest absolute Gasteiger partial charge is 0.466 e. The van der Waals surface area contributed by atoms with E-state index in [1.54, 1.807) is 19.1 Å². The van der Waals surface area contributed by atoms with Crippen molar-refractivity contribution in [3.8, 4) is 0 Å². The molecule has 4 heteroatoms. The summed E-state index contributed by atoms with van der Waals surface area (Å²) in [4.78, 5) is 22.0. The average molecular weight is 260 g/mol. The summed E-state index contributed by atoms with van der Waals surface area (Å²) in [6.45, 7) is 2.12. The summed E-state index contributed by atoms with van der Waals surface area (Å²) in [6.07, 6.45) is 6.06. The van der Waals surface area contributed by atoms with Gasteiger partial charge in [0, 0.05) is 12.2 Å². The van der Waals surface area contributed by atoms with Crippen molar-refractivity contribution in [3.05, 3.63) is 47.5 Å². The van der Waals surface area contributed by atoms with Crippen molar-refractivity contribution in [2.45, 2.75) is 6.92 Å². The second-order valence-electron chi connectivity index (χ2n) is 3.61. The van der Waals surface area contributed by atoms with Gasteiger partial charge < -0.3 is 9.47 Å². The summed E-state index contributed by atoms with van der Waals surface area (Å²) in [5, 5.41) is 0. The van der Waals surface area contributed by atoms with Crippen molar-refractivity contribution in [2.75, 3.05) is 13.7 Å². The normalized spacial score (nSPS) is 10.8. The molecule has 0 bridgehead atoms. The molecule has 0 unspecified atom stereocenters. The molecular weight excluding hydrogens is 244 g/mol. The first-order valence-corrected chi connectivity index (χ1v) is 5.86. The monoisotopic (exact) mass is 260 g/mol. The second-order valence-corrected chi connectivity index (χ2v) is 3.61. The molecule has 0 amide bonds. The Balaban J connectivity index is 2.64. The molecule has 0 N–H and O–H groups in total. The van der Waals surface area contributed by atoms with Gasteiger partial charge in [-0.2, -0.15) is 0 Å². The van der Waals surface area contributed by atoms with Gasteiger partial charge in [0.15, 0.2) is 0 Å². The quantitative estimate of drug-likeness (QED) is 0.602. The van der Waals surface area contributed by atoms with Crippen LogP contribution in [0.5, 0.6) is 0 Å². The van der Waals surface area contributed by atoms with Crippen molar-refractivity contribution in [1.82, 2.24) is 0 Å². The number of carbonyl (C=O) groups excluding carboxylic acids is 2. The van der Waals surface area contributed by atoms with E-state index in [4.69, 9.17) is 4.74 Å². The number of hydrogen-bond acceptors (Lipinski definition) is 4. The number of hydrogen-bond donors (Lipinski definition) is 0. The highest BCUT2D eigenvalue weighted by Crippen LogP contribution is 2.08. The Kier molecular flexibility index (Phi) is 6.09. The standard InChI is InChI=1S/C15H16O4/c1-3-19-15(17)11-9-13-6-4-12(5-7-13)8-10-14(16)18-2/h4-11H,3H2,1-2H3. The number of methoxy groups -OCH3 is 1. The van der Waals surface area contributed by atoms with Crippen LogP contribution in [-0.2, 0) is 19.1 Å². The minimum atomic E-state index is -0.397. The van der Waals surface area contributed by atoms with E-state index in [1.165, 1.54) is 19.3 Å². The van der Waals surface area contributed by atoms with Gasteiger partial charge in [0.05, 0.1) is 13.7 Å². The molecular formula is C15H16O4. The molecule has 0 spiro atoms. The maximum absolute atomic E-state index is 11.1. The number of esters is 2. The van der Waals surface area contributed by atoms with Gasteiger partial charge in [0.2, 0.25) is 0 Å². The molecule has 19 heavy (non-hydrogen) atoms. The lowest BCUT2D eigenvalue weighted by atomic mass is 10.1. The van der Waals surface area contributed by atoms with Crippen molar-refractivity contribution in [2.24, 2.45) is 0 Å². The predicted molar refractivity (Wildman–Crippen MR) is 73.2 cm³/mol. The van der Waals surface area contributed by atoms with Crippen LogP contribution >= 0.6 is 0 Å². The van der Waals surface area contributed by atoms with E-state index in [0.717, 1.165) is 11.1 Å². The van der Waals surface area contributed by atoms with E-state index < -0.39 is 5.97 Å². The molecule has 0 heterocycles. The summed E-state index contributed by atoms with van der Waals surface area (Å²) in [5.41, 5.74) is 1.75. The third-order valence-electron chi connectivity index (χ3n) is 2.25. The van der Waals surface area contributed by atoms with Gasteiger partial charge in [-0.3, -0.25) is 0 Å². The fraction of sp³-hybridized carbons (Fsp3) is 0.200. The molecule has 0 saturated heterocycles. The Hall–Kier alpha value is -2.36. The van der Waals surface area contributed by atoms with Gasteiger partial charge in [-0.1, -0.05) is 24.3 Å². The fourth-order valence-corrected chi connectivity index (χ4v) is 1.31. The Bertz CT molecular complexity index is 483. The van der Waals surface area contributed by atoms with Crippen LogP contribution in [0.15, 0.2) is 36.4 Å². The van der Waals surface area contributed by atoms with Gasteiger partial charge in [0.25, 0.3) is 0 Å². The van der Waals surface area contributed by atoms with E-state index in [9.17, 15) is 9.59 Å². The zero-order valence-corrected chi connectivity index (χ0v) is 11.0. The summed E-state index contributed by atoms with van der Waals surface area (Å²) >= 11 is 0. The molecule has 1 rings (SSSR count). The summed E-state index contributed by atoms with van der Waals surface area (Å²) < 4.78 is 9.27. The highest BCUT2D eigenvalue weighted by Gasteiger charge is 1.95. The van der Waals surface area contributed by atoms with Crippen molar-refractivity contribution in [1.29, 1.82) is 0 Å². The zero-order chi connectivity index (χ0) is 14.1. The van der Waals surface area contributed by atoms with E-state index in [2.05, 4.69) is 4.74 Å². The van der Waals surface area contributed by atoms with Gasteiger partial charge >= 0.3 is 11.9 Å². The van der Waals surface area contributed by atoms with E-state index in [1.807, 2.05) is 24.3 Å². The highest BCUT2D eigenvalue weighted by molar-refractivity contribution is 5.88. The summed E-state index contributed by atoms with van der Waals surface area (Å²) in [5.74, 6) is -0.761. The van der Waals surface area contributed by atoms with E-state index in [-0.39, 0.29) is 5.97 Å². The topological polar surface area (TPSA) is 52.6 Å². The molecule has 0 aliphatic heterocycles. The Morgan fingerprint density at radius 3 is 1.89 bits per heavy atom. The molecule has 0 atom stereocenters. The zero-order valence-electron chi connectivity index (χ0n) is 11.0. The lowest BCUT2D eigenvalue weighted by Gasteiger charge is -1.97. The molecule has 0 aliphatic carbocycles. The molecule has 0 fully saturated rings. The molecule has 1 aromatic rings. The predicted octanol–water partition coefficient (Wildman–Crippen LogP) is 2.45. The molecule has 1 aromatic carbocycles. The average Bonchev–Trinajstić information content (AvgIpc) is 2.44. The van der Waals surface area contributed by atoms with Crippen molar-refractivity contribution >= 4 is 24.1 Å². The van der Waals surface area contributed by atoms with Crippen molar-refractivity contribution in [3.63, 3.8) is 0 Å². The third-order valence-corrected chi connectivity index (χ3v) is 2.25. The first-order chi connectivity index (χ1) is 9.15. The van der Waals surface area contributed by atoms with Crippen LogP contribution < -0.4 is 0 Å². The molecule has 4 nitrogen and oxygen atoms in total. The molecule has 0 aromatic heterocycles. The van der Waals surface area contributed by atoms with Gasteiger partial charge in [0.1, 0.15) is 0 Å². The van der Waals surface area contributed by atoms with E-state index >= 15 is 0 Å². The number of carbonyl (C=O) groups is 2. The summed E-state index contributed by atoms with van der Waals surface area (Å²) in [6, 6.07) is 7.36. The molecule has 100 valence electrons. The number of rotatable bonds is 5. The van der Waals surface area contributed by atoms with Crippen LogP contribution in [0.25, 0.3) is 12.2 Å². The minimum absolute atomic E-state index is 0.362. The first-order valence-electron chi connectivity index (χ1n) is 5.86. The van der Waals surface area contributed by atoms with Crippen LogP contribution in [0.3, 0.4) is 0 Å². The second kappa shape index (κ2) is 7.87. The van der Waals surface area contributed by atoms with Gasteiger partial charge in [-0.25, -0.2) is 9.59 Å². The van der Waals surface area contributed by atoms with Crippen LogP contribution in [0.4, 0.5) is 0 Å². The SMILES string of the molecule is CCOC(=O)C=Cc1ccc(C=CC(=O)OC)cc1. The molecule has 0 radical (unpaired) electrons. The fourth-order valence-electron chi connectivity index (χ4n) is 1.31. The summed E-state index contributed by atoms with van der Waals surface area (Å²) in [7, 11) is 1.33. The third kappa shape index (κ3) is 5.68. The Labute approximate surface area is 112 Å². The molecule has 0 saturated carbocycles. The lowest BCUT2D eigenvalue weighted by molar-refractivity contribution is -0.137. The molecule has 0 aliphatic rings. The van der Waals surface area contributed by atoms with Gasteiger partial charge in [-0.15, -0.1) is 0 Å². The number of benzene rings is 1. The van der Waals surface area contributed by atoms with Crippen molar-refractivity contribution < 1.29 is 19.1 Å². The number of ether oxygens (including phenoxy) is 2. The highest BCUT2D eigenvalue weighted by atomic mass is 16.5. The van der Waals surface area contributed by atoms with Crippen LogP contribution in [0.2, 0.25) is 0 Å². The minimum Gasteiger partial charge on any atom is -0.466 e. The lowest BCUT2D eigenvalue weighted by Crippen LogP contribution is -1.98. The maximum atomic E-state index is 11.1. The van der Waals surface area contributed by atoms with Crippen LogP contribution in [0.1, 0.15) is 18.1 Å². The van der Waals surface area contributed by atoms with E-state index in [0.29, 0.717) is 6.61 Å².